The number of fused-ring (bicyclic) bond motifs is 1. The van der Waals surface area contributed by atoms with Crippen LogP contribution in [0.4, 0.5) is 5.69 Å². The fourth-order valence-corrected chi connectivity index (χ4v) is 4.56. The smallest absolute Gasteiger partial charge is 0.337 e. The summed E-state index contributed by atoms with van der Waals surface area (Å²) in [4.78, 5) is 17.4. The SMILES string of the molecule is Cc1ccc(-c2nc(C)c([C@H](OC(C)(C)C)C(=O)O)c(-c3ccc4c(c3)NCCO4)c2C)cc1C. The second kappa shape index (κ2) is 9.34. The number of aryl methyl sites for hydroxylation is 3. The van der Waals surface area contributed by atoms with E-state index in [1.54, 1.807) is 0 Å². The number of carbonyl (C=O) groups is 1. The van der Waals surface area contributed by atoms with Crippen LogP contribution in [0.2, 0.25) is 0 Å². The molecule has 2 aromatic carbocycles. The van der Waals surface area contributed by atoms with Gasteiger partial charge in [0.15, 0.2) is 6.10 Å². The van der Waals surface area contributed by atoms with Crippen molar-refractivity contribution in [3.05, 3.63) is 64.3 Å². The number of ether oxygens (including phenoxy) is 2. The monoisotopic (exact) mass is 474 g/mol. The van der Waals surface area contributed by atoms with Gasteiger partial charge < -0.3 is 19.9 Å². The van der Waals surface area contributed by atoms with E-state index in [0.717, 1.165) is 45.9 Å². The van der Waals surface area contributed by atoms with E-state index in [1.807, 2.05) is 52.8 Å². The third kappa shape index (κ3) is 5.03. The summed E-state index contributed by atoms with van der Waals surface area (Å²) in [5.41, 5.74) is 8.33. The minimum atomic E-state index is -1.16. The summed E-state index contributed by atoms with van der Waals surface area (Å²) < 4.78 is 11.9. The van der Waals surface area contributed by atoms with E-state index < -0.39 is 17.7 Å². The molecule has 3 aromatic rings. The van der Waals surface area contributed by atoms with Crippen molar-refractivity contribution in [2.24, 2.45) is 0 Å². The molecule has 184 valence electrons. The maximum atomic E-state index is 12.5. The molecule has 1 atom stereocenters. The van der Waals surface area contributed by atoms with Crippen molar-refractivity contribution < 1.29 is 19.4 Å². The lowest BCUT2D eigenvalue weighted by atomic mass is 9.88. The van der Waals surface area contributed by atoms with Gasteiger partial charge in [0, 0.05) is 23.4 Å². The van der Waals surface area contributed by atoms with Gasteiger partial charge >= 0.3 is 5.97 Å². The van der Waals surface area contributed by atoms with E-state index >= 15 is 0 Å². The molecule has 2 N–H and O–H groups in total. The minimum absolute atomic E-state index is 0.578. The van der Waals surface area contributed by atoms with Crippen molar-refractivity contribution in [1.29, 1.82) is 0 Å². The van der Waals surface area contributed by atoms with Crippen LogP contribution in [0.15, 0.2) is 36.4 Å². The van der Waals surface area contributed by atoms with Crippen LogP contribution in [0, 0.1) is 27.7 Å². The van der Waals surface area contributed by atoms with Crippen LogP contribution >= 0.6 is 0 Å². The van der Waals surface area contributed by atoms with Crippen molar-refractivity contribution in [3.63, 3.8) is 0 Å². The molecule has 6 nitrogen and oxygen atoms in total. The van der Waals surface area contributed by atoms with Crippen LogP contribution in [0.25, 0.3) is 22.4 Å². The maximum absolute atomic E-state index is 12.5. The summed E-state index contributed by atoms with van der Waals surface area (Å²) in [6.45, 7) is 15.0. The van der Waals surface area contributed by atoms with Gasteiger partial charge in [-0.25, -0.2) is 4.79 Å². The molecule has 0 saturated heterocycles. The first-order valence-corrected chi connectivity index (χ1v) is 12.0. The molecule has 1 aliphatic heterocycles. The van der Waals surface area contributed by atoms with Gasteiger partial charge in [-0.15, -0.1) is 0 Å². The molecule has 6 heteroatoms. The fourth-order valence-electron chi connectivity index (χ4n) is 4.56. The second-order valence-corrected chi connectivity index (χ2v) is 10.2. The van der Waals surface area contributed by atoms with E-state index in [-0.39, 0.29) is 0 Å². The Bertz CT molecular complexity index is 1290. The standard InChI is InChI=1S/C29H34N2O4/c1-16-8-9-21(14-17(16)2)26-18(3)24(20-10-11-23-22(15-20)30-12-13-34-23)25(19(4)31-26)27(28(32)33)35-29(5,6)7/h8-11,14-15,27,30H,12-13H2,1-7H3,(H,32,33)/t27-/m0/s1. The van der Waals surface area contributed by atoms with Gasteiger partial charge in [-0.1, -0.05) is 18.2 Å². The molecule has 35 heavy (non-hydrogen) atoms. The molecule has 0 radical (unpaired) electrons. The van der Waals surface area contributed by atoms with Crippen LogP contribution in [0.1, 0.15) is 54.8 Å². The zero-order chi connectivity index (χ0) is 25.5. The molecule has 0 unspecified atom stereocenters. The average molecular weight is 475 g/mol. The van der Waals surface area contributed by atoms with Crippen molar-refractivity contribution in [3.8, 4) is 28.1 Å². The minimum Gasteiger partial charge on any atom is -0.490 e. The molecule has 1 aliphatic rings. The summed E-state index contributed by atoms with van der Waals surface area (Å²) in [5.74, 6) is -0.246. The Kier molecular flexibility index (Phi) is 6.60. The van der Waals surface area contributed by atoms with Crippen molar-refractivity contribution in [1.82, 2.24) is 4.98 Å². The molecule has 0 bridgehead atoms. The number of benzene rings is 2. The summed E-state index contributed by atoms with van der Waals surface area (Å²) in [5, 5.41) is 13.6. The Morgan fingerprint density at radius 3 is 2.43 bits per heavy atom. The fraction of sp³-hybridized carbons (Fsp3) is 0.379. The van der Waals surface area contributed by atoms with Crippen LogP contribution in [-0.4, -0.2) is 34.8 Å². The van der Waals surface area contributed by atoms with Crippen LogP contribution in [0.5, 0.6) is 5.75 Å². The predicted molar refractivity (Wildman–Crippen MR) is 139 cm³/mol. The molecule has 0 amide bonds. The Morgan fingerprint density at radius 2 is 1.77 bits per heavy atom. The molecule has 2 heterocycles. The Hall–Kier alpha value is -3.38. The van der Waals surface area contributed by atoms with Gasteiger partial charge in [0.2, 0.25) is 0 Å². The second-order valence-electron chi connectivity index (χ2n) is 10.2. The molecular formula is C29H34N2O4. The normalized spacial score (nSPS) is 14.0. The maximum Gasteiger partial charge on any atom is 0.337 e. The first kappa shape index (κ1) is 24.7. The third-order valence-electron chi connectivity index (χ3n) is 6.35. The zero-order valence-electron chi connectivity index (χ0n) is 21.6. The number of aliphatic carboxylic acids is 1. The van der Waals surface area contributed by atoms with E-state index in [1.165, 1.54) is 11.1 Å². The number of pyridine rings is 1. The van der Waals surface area contributed by atoms with E-state index in [0.29, 0.717) is 17.9 Å². The number of carboxylic acid groups (broad SMARTS) is 1. The lowest BCUT2D eigenvalue weighted by Crippen LogP contribution is -2.28. The first-order chi connectivity index (χ1) is 16.5. The summed E-state index contributed by atoms with van der Waals surface area (Å²) in [7, 11) is 0. The van der Waals surface area contributed by atoms with Gasteiger partial charge in [-0.3, -0.25) is 4.98 Å². The van der Waals surface area contributed by atoms with Crippen LogP contribution in [-0.2, 0) is 9.53 Å². The van der Waals surface area contributed by atoms with Gasteiger partial charge in [0.25, 0.3) is 0 Å². The highest BCUT2D eigenvalue weighted by molar-refractivity contribution is 5.86. The van der Waals surface area contributed by atoms with Crippen molar-refractivity contribution in [2.45, 2.75) is 60.2 Å². The third-order valence-corrected chi connectivity index (χ3v) is 6.35. The predicted octanol–water partition coefficient (Wildman–Crippen LogP) is 6.39. The van der Waals surface area contributed by atoms with Crippen molar-refractivity contribution in [2.75, 3.05) is 18.5 Å². The topological polar surface area (TPSA) is 80.7 Å². The number of nitrogens with one attached hydrogen (secondary N) is 1. The van der Waals surface area contributed by atoms with E-state index in [9.17, 15) is 9.90 Å². The summed E-state index contributed by atoms with van der Waals surface area (Å²) >= 11 is 0. The molecule has 0 saturated carbocycles. The number of hydrogen-bond acceptors (Lipinski definition) is 5. The largest absolute Gasteiger partial charge is 0.490 e. The van der Waals surface area contributed by atoms with Gasteiger partial charge in [-0.05, 0) is 94.5 Å². The number of hydrogen-bond donors (Lipinski definition) is 2. The van der Waals surface area contributed by atoms with Crippen LogP contribution < -0.4 is 10.1 Å². The van der Waals surface area contributed by atoms with Crippen molar-refractivity contribution >= 4 is 11.7 Å². The average Bonchev–Trinajstić information content (AvgIpc) is 2.79. The molecule has 4 rings (SSSR count). The number of anilines is 1. The summed E-state index contributed by atoms with van der Waals surface area (Å²) in [6, 6.07) is 12.3. The number of rotatable bonds is 5. The Balaban J connectivity index is 2.01. The van der Waals surface area contributed by atoms with E-state index in [2.05, 4.69) is 37.4 Å². The lowest BCUT2D eigenvalue weighted by molar-refractivity contribution is -0.160. The first-order valence-electron chi connectivity index (χ1n) is 12.0. The van der Waals surface area contributed by atoms with E-state index in [4.69, 9.17) is 14.5 Å². The van der Waals surface area contributed by atoms with Gasteiger partial charge in [0.05, 0.1) is 17.0 Å². The highest BCUT2D eigenvalue weighted by Gasteiger charge is 2.33. The molecule has 0 aliphatic carbocycles. The van der Waals surface area contributed by atoms with Gasteiger partial charge in [-0.2, -0.15) is 0 Å². The highest BCUT2D eigenvalue weighted by atomic mass is 16.5. The number of aromatic nitrogens is 1. The number of carboxylic acids is 1. The molecule has 1 aromatic heterocycles. The quantitative estimate of drug-likeness (QED) is 0.446. The Morgan fingerprint density at radius 1 is 1.06 bits per heavy atom. The zero-order valence-corrected chi connectivity index (χ0v) is 21.6. The highest BCUT2D eigenvalue weighted by Crippen LogP contribution is 2.42. The van der Waals surface area contributed by atoms with Crippen LogP contribution in [0.3, 0.4) is 0 Å². The molecule has 0 fully saturated rings. The summed E-state index contributed by atoms with van der Waals surface area (Å²) in [6.07, 6.45) is -1.16. The van der Waals surface area contributed by atoms with Gasteiger partial charge in [0.1, 0.15) is 12.4 Å². The lowest BCUT2D eigenvalue weighted by Gasteiger charge is -2.29. The molecule has 0 spiro atoms. The Labute approximate surface area is 207 Å². The molecular weight excluding hydrogens is 440 g/mol. The number of nitrogens with zero attached hydrogens (tertiary/aromatic N) is 1.